The summed E-state index contributed by atoms with van der Waals surface area (Å²) in [5, 5.41) is 4.28. The van der Waals surface area contributed by atoms with E-state index in [1.807, 2.05) is 0 Å². The zero-order valence-electron chi connectivity index (χ0n) is 9.23. The van der Waals surface area contributed by atoms with Crippen LogP contribution in [0.1, 0.15) is 33.1 Å². The van der Waals surface area contributed by atoms with Gasteiger partial charge in [-0.25, -0.2) is 0 Å². The molecule has 1 aromatic heterocycles. The Morgan fingerprint density at radius 2 is 2.13 bits per heavy atom. The van der Waals surface area contributed by atoms with Crippen LogP contribution in [0.25, 0.3) is 0 Å². The first kappa shape index (κ1) is 10.7. The van der Waals surface area contributed by atoms with Crippen molar-refractivity contribution in [1.82, 2.24) is 9.36 Å². The zero-order chi connectivity index (χ0) is 10.8. The summed E-state index contributed by atoms with van der Waals surface area (Å²) in [5.41, 5.74) is 5.48. The second kappa shape index (κ2) is 4.35. The molecule has 0 aromatic carbocycles. The summed E-state index contributed by atoms with van der Waals surface area (Å²) in [6.45, 7) is 4.66. The van der Waals surface area contributed by atoms with E-state index >= 15 is 0 Å². The summed E-state index contributed by atoms with van der Waals surface area (Å²) < 4.78 is 3.96. The largest absolute Gasteiger partial charge is 0.367 e. The van der Waals surface area contributed by atoms with Crippen LogP contribution >= 0.6 is 11.5 Å². The third-order valence-electron chi connectivity index (χ3n) is 3.37. The molecule has 84 valence electrons. The fourth-order valence-electron chi connectivity index (χ4n) is 2.15. The Morgan fingerprint density at radius 1 is 1.33 bits per heavy atom. The number of anilines is 2. The Morgan fingerprint density at radius 3 is 2.73 bits per heavy atom. The molecular formula is C10H18N4S. The molecule has 2 rings (SSSR count). The Hall–Kier alpha value is -0.840. The normalized spacial score (nSPS) is 31.5. The monoisotopic (exact) mass is 226 g/mol. The van der Waals surface area contributed by atoms with Crippen molar-refractivity contribution in [1.29, 1.82) is 0 Å². The summed E-state index contributed by atoms with van der Waals surface area (Å²) in [5.74, 6) is 2.02. The summed E-state index contributed by atoms with van der Waals surface area (Å²) in [6, 6.07) is 0.545. The molecule has 0 radical (unpaired) electrons. The lowest BCUT2D eigenvalue weighted by Gasteiger charge is -2.32. The Kier molecular flexibility index (Phi) is 3.09. The van der Waals surface area contributed by atoms with Gasteiger partial charge in [0.05, 0.1) is 0 Å². The minimum absolute atomic E-state index is 0.375. The van der Waals surface area contributed by atoms with Gasteiger partial charge in [-0.3, -0.25) is 0 Å². The molecule has 1 fully saturated rings. The van der Waals surface area contributed by atoms with E-state index in [2.05, 4.69) is 28.5 Å². The van der Waals surface area contributed by atoms with Crippen LogP contribution in [0.15, 0.2) is 0 Å². The molecule has 5 heteroatoms. The maximum atomic E-state index is 5.48. The number of nitrogens with two attached hydrogens (primary N) is 1. The minimum Gasteiger partial charge on any atom is -0.367 e. The van der Waals surface area contributed by atoms with Crippen LogP contribution in [-0.2, 0) is 0 Å². The molecule has 1 heterocycles. The van der Waals surface area contributed by atoms with Gasteiger partial charge in [-0.2, -0.15) is 9.36 Å². The molecule has 1 aliphatic carbocycles. The van der Waals surface area contributed by atoms with Crippen molar-refractivity contribution in [2.75, 3.05) is 11.1 Å². The summed E-state index contributed by atoms with van der Waals surface area (Å²) in [6.07, 6.45) is 3.75. The molecule has 0 saturated heterocycles. The number of hydrogen-bond donors (Lipinski definition) is 2. The Bertz CT molecular complexity index is 325. The average molecular weight is 226 g/mol. The molecule has 0 bridgehead atoms. The summed E-state index contributed by atoms with van der Waals surface area (Å²) in [4.78, 5) is 4.12. The number of nitrogen functional groups attached to an aromatic ring is 1. The maximum Gasteiger partial charge on any atom is 0.233 e. The highest BCUT2D eigenvalue weighted by Crippen LogP contribution is 2.31. The third-order valence-corrected chi connectivity index (χ3v) is 4.03. The highest BCUT2D eigenvalue weighted by atomic mass is 32.1. The Balaban J connectivity index is 1.90. The van der Waals surface area contributed by atoms with Crippen LogP contribution in [0.5, 0.6) is 0 Å². The zero-order valence-corrected chi connectivity index (χ0v) is 10.0. The molecule has 15 heavy (non-hydrogen) atoms. The van der Waals surface area contributed by atoms with Crippen LogP contribution in [0.3, 0.4) is 0 Å². The molecule has 3 atom stereocenters. The van der Waals surface area contributed by atoms with E-state index in [1.54, 1.807) is 0 Å². The lowest BCUT2D eigenvalue weighted by atomic mass is 9.79. The van der Waals surface area contributed by atoms with Gasteiger partial charge in [-0.15, -0.1) is 0 Å². The smallest absolute Gasteiger partial charge is 0.233 e. The van der Waals surface area contributed by atoms with Gasteiger partial charge in [0.15, 0.2) is 0 Å². The number of hydrogen-bond acceptors (Lipinski definition) is 5. The first-order chi connectivity index (χ1) is 7.15. The third kappa shape index (κ3) is 2.59. The van der Waals surface area contributed by atoms with E-state index < -0.39 is 0 Å². The standard InChI is InChI=1S/C10H18N4S/c1-6-3-4-8(5-7(6)2)12-10-13-9(11)14-15-10/h6-8H,3-5H2,1-2H3,(H3,11,12,13,14). The number of nitrogens with zero attached hydrogens (tertiary/aromatic N) is 2. The first-order valence-corrected chi connectivity index (χ1v) is 6.28. The highest BCUT2D eigenvalue weighted by Gasteiger charge is 2.24. The van der Waals surface area contributed by atoms with Crippen LogP contribution in [-0.4, -0.2) is 15.4 Å². The van der Waals surface area contributed by atoms with Crippen molar-refractivity contribution in [3.63, 3.8) is 0 Å². The molecule has 1 saturated carbocycles. The SMILES string of the molecule is CC1CCC(Nc2nc(N)ns2)CC1C. The van der Waals surface area contributed by atoms with Gasteiger partial charge in [0.1, 0.15) is 0 Å². The van der Waals surface area contributed by atoms with Crippen molar-refractivity contribution in [3.05, 3.63) is 0 Å². The van der Waals surface area contributed by atoms with E-state index in [4.69, 9.17) is 5.73 Å². The van der Waals surface area contributed by atoms with Crippen LogP contribution in [0.4, 0.5) is 11.1 Å². The molecular weight excluding hydrogens is 208 g/mol. The van der Waals surface area contributed by atoms with Crippen molar-refractivity contribution in [2.24, 2.45) is 11.8 Å². The minimum atomic E-state index is 0.375. The van der Waals surface area contributed by atoms with Gasteiger partial charge in [-0.1, -0.05) is 13.8 Å². The molecule has 4 nitrogen and oxygen atoms in total. The predicted molar refractivity (Wildman–Crippen MR) is 63.9 cm³/mol. The first-order valence-electron chi connectivity index (χ1n) is 5.51. The van der Waals surface area contributed by atoms with Gasteiger partial charge in [0, 0.05) is 17.6 Å². The van der Waals surface area contributed by atoms with E-state index in [0.29, 0.717) is 12.0 Å². The molecule has 1 aromatic rings. The fourth-order valence-corrected chi connectivity index (χ4v) is 2.72. The summed E-state index contributed by atoms with van der Waals surface area (Å²) >= 11 is 1.35. The molecule has 0 spiro atoms. The molecule has 1 aliphatic rings. The molecule has 0 amide bonds. The second-order valence-corrected chi connectivity index (χ2v) is 5.32. The lowest BCUT2D eigenvalue weighted by molar-refractivity contribution is 0.261. The predicted octanol–water partition coefficient (Wildman–Crippen LogP) is 2.36. The van der Waals surface area contributed by atoms with Crippen molar-refractivity contribution >= 4 is 22.6 Å². The molecule has 3 N–H and O–H groups in total. The van der Waals surface area contributed by atoms with Gasteiger partial charge >= 0.3 is 0 Å². The average Bonchev–Trinajstić information content (AvgIpc) is 2.58. The van der Waals surface area contributed by atoms with Gasteiger partial charge in [0.2, 0.25) is 11.1 Å². The number of aromatic nitrogens is 2. The number of rotatable bonds is 2. The molecule has 3 unspecified atom stereocenters. The van der Waals surface area contributed by atoms with Crippen LogP contribution in [0, 0.1) is 11.8 Å². The number of nitrogens with one attached hydrogen (secondary N) is 1. The van der Waals surface area contributed by atoms with Gasteiger partial charge in [-0.05, 0) is 31.1 Å². The van der Waals surface area contributed by atoms with E-state index in [0.717, 1.165) is 17.0 Å². The van der Waals surface area contributed by atoms with Crippen molar-refractivity contribution in [3.8, 4) is 0 Å². The van der Waals surface area contributed by atoms with E-state index in [1.165, 1.54) is 30.8 Å². The Labute approximate surface area is 94.5 Å². The van der Waals surface area contributed by atoms with Crippen molar-refractivity contribution in [2.45, 2.75) is 39.2 Å². The van der Waals surface area contributed by atoms with Crippen molar-refractivity contribution < 1.29 is 0 Å². The maximum absolute atomic E-state index is 5.48. The van der Waals surface area contributed by atoms with Gasteiger partial charge in [0.25, 0.3) is 0 Å². The topological polar surface area (TPSA) is 63.8 Å². The van der Waals surface area contributed by atoms with Crippen LogP contribution < -0.4 is 11.1 Å². The quantitative estimate of drug-likeness (QED) is 0.812. The fraction of sp³-hybridized carbons (Fsp3) is 0.800. The second-order valence-electron chi connectivity index (χ2n) is 4.57. The molecule has 0 aliphatic heterocycles. The highest BCUT2D eigenvalue weighted by molar-refractivity contribution is 7.09. The van der Waals surface area contributed by atoms with E-state index in [9.17, 15) is 0 Å². The van der Waals surface area contributed by atoms with Crippen LogP contribution in [0.2, 0.25) is 0 Å². The van der Waals surface area contributed by atoms with E-state index in [-0.39, 0.29) is 0 Å². The summed E-state index contributed by atoms with van der Waals surface area (Å²) in [7, 11) is 0. The van der Waals surface area contributed by atoms with Gasteiger partial charge < -0.3 is 11.1 Å². The lowest BCUT2D eigenvalue weighted by Crippen LogP contribution is -2.30.